The minimum Gasteiger partial charge on any atom is -0.378 e. The minimum absolute atomic E-state index is 0.149. The van der Waals surface area contributed by atoms with E-state index in [1.165, 1.54) is 0 Å². The quantitative estimate of drug-likeness (QED) is 0.822. The molecule has 1 aromatic heterocycles. The summed E-state index contributed by atoms with van der Waals surface area (Å²) in [6.45, 7) is 7.40. The molecule has 0 bridgehead atoms. The molecule has 1 aliphatic heterocycles. The molecule has 0 spiro atoms. The van der Waals surface area contributed by atoms with Gasteiger partial charge in [-0.05, 0) is 19.9 Å². The van der Waals surface area contributed by atoms with Crippen LogP contribution in [0, 0.1) is 0 Å². The first-order valence-corrected chi connectivity index (χ1v) is 6.77. The molecule has 19 heavy (non-hydrogen) atoms. The van der Waals surface area contributed by atoms with Gasteiger partial charge in [0.1, 0.15) is 0 Å². The van der Waals surface area contributed by atoms with Crippen LogP contribution in [0.5, 0.6) is 0 Å². The zero-order valence-electron chi connectivity index (χ0n) is 11.6. The number of nitrogens with one attached hydrogen (secondary N) is 1. The van der Waals surface area contributed by atoms with E-state index >= 15 is 0 Å². The van der Waals surface area contributed by atoms with E-state index < -0.39 is 0 Å². The molecule has 0 saturated carbocycles. The maximum absolute atomic E-state index is 12.2. The smallest absolute Gasteiger partial charge is 0.239 e. The second kappa shape index (κ2) is 6.68. The number of amides is 1. The Kier molecular flexibility index (Phi) is 4.93. The van der Waals surface area contributed by atoms with E-state index in [1.54, 1.807) is 6.20 Å². The lowest BCUT2D eigenvalue weighted by molar-refractivity contribution is -0.137. The molecule has 1 N–H and O–H groups in total. The SMILES string of the molecule is C[C@@H](Cn1cccn1)N[C@H](C)C(=O)N1CCOCC1. The van der Waals surface area contributed by atoms with Crippen LogP contribution in [-0.4, -0.2) is 59.0 Å². The van der Waals surface area contributed by atoms with Crippen LogP contribution in [0.25, 0.3) is 0 Å². The van der Waals surface area contributed by atoms with Crippen molar-refractivity contribution < 1.29 is 9.53 Å². The Hall–Kier alpha value is -1.40. The summed E-state index contributed by atoms with van der Waals surface area (Å²) in [5.41, 5.74) is 0. The van der Waals surface area contributed by atoms with Crippen LogP contribution >= 0.6 is 0 Å². The van der Waals surface area contributed by atoms with Crippen molar-refractivity contribution >= 4 is 5.91 Å². The first-order valence-electron chi connectivity index (χ1n) is 6.77. The summed E-state index contributed by atoms with van der Waals surface area (Å²) in [6, 6.07) is 1.92. The van der Waals surface area contributed by atoms with Gasteiger partial charge < -0.3 is 15.0 Å². The molecular formula is C13H22N4O2. The molecule has 1 saturated heterocycles. The number of hydrogen-bond donors (Lipinski definition) is 1. The highest BCUT2D eigenvalue weighted by molar-refractivity contribution is 5.81. The monoisotopic (exact) mass is 266 g/mol. The molecule has 106 valence electrons. The summed E-state index contributed by atoms with van der Waals surface area (Å²) in [6.07, 6.45) is 3.68. The second-order valence-corrected chi connectivity index (χ2v) is 4.96. The third-order valence-corrected chi connectivity index (χ3v) is 3.25. The van der Waals surface area contributed by atoms with Gasteiger partial charge in [0.05, 0.1) is 25.8 Å². The van der Waals surface area contributed by atoms with E-state index in [1.807, 2.05) is 28.8 Å². The lowest BCUT2D eigenvalue weighted by atomic mass is 10.2. The summed E-state index contributed by atoms with van der Waals surface area (Å²) in [5, 5.41) is 7.49. The number of hydrogen-bond acceptors (Lipinski definition) is 4. The average Bonchev–Trinajstić information content (AvgIpc) is 2.91. The Bertz CT molecular complexity index is 387. The van der Waals surface area contributed by atoms with Crippen molar-refractivity contribution in [1.82, 2.24) is 20.0 Å². The van der Waals surface area contributed by atoms with E-state index in [4.69, 9.17) is 4.74 Å². The van der Waals surface area contributed by atoms with E-state index in [9.17, 15) is 4.79 Å². The number of morpholine rings is 1. The van der Waals surface area contributed by atoms with Gasteiger partial charge in [-0.2, -0.15) is 5.10 Å². The maximum atomic E-state index is 12.2. The summed E-state index contributed by atoms with van der Waals surface area (Å²) in [4.78, 5) is 14.1. The minimum atomic E-state index is -0.177. The molecular weight excluding hydrogens is 244 g/mol. The summed E-state index contributed by atoms with van der Waals surface area (Å²) in [7, 11) is 0. The highest BCUT2D eigenvalue weighted by Crippen LogP contribution is 2.02. The maximum Gasteiger partial charge on any atom is 0.239 e. The van der Waals surface area contributed by atoms with Crippen LogP contribution < -0.4 is 5.32 Å². The predicted molar refractivity (Wildman–Crippen MR) is 71.7 cm³/mol. The Morgan fingerprint density at radius 2 is 2.16 bits per heavy atom. The Balaban J connectivity index is 1.78. The van der Waals surface area contributed by atoms with E-state index in [0.29, 0.717) is 26.3 Å². The summed E-state index contributed by atoms with van der Waals surface area (Å²) in [5.74, 6) is 0.149. The molecule has 6 nitrogen and oxygen atoms in total. The zero-order valence-corrected chi connectivity index (χ0v) is 11.6. The van der Waals surface area contributed by atoms with Crippen molar-refractivity contribution in [2.75, 3.05) is 26.3 Å². The van der Waals surface area contributed by atoms with Gasteiger partial charge in [-0.1, -0.05) is 0 Å². The Morgan fingerprint density at radius 1 is 1.42 bits per heavy atom. The van der Waals surface area contributed by atoms with E-state index in [-0.39, 0.29) is 18.0 Å². The van der Waals surface area contributed by atoms with Crippen LogP contribution in [0.3, 0.4) is 0 Å². The van der Waals surface area contributed by atoms with Crippen molar-refractivity contribution in [3.8, 4) is 0 Å². The normalized spacial score (nSPS) is 19.2. The molecule has 1 aliphatic rings. The van der Waals surface area contributed by atoms with Gasteiger partial charge in [-0.25, -0.2) is 0 Å². The fraction of sp³-hybridized carbons (Fsp3) is 0.692. The Labute approximate surface area is 113 Å². The van der Waals surface area contributed by atoms with E-state index in [0.717, 1.165) is 6.54 Å². The molecule has 2 rings (SSSR count). The van der Waals surface area contributed by atoms with Gasteiger partial charge in [0.25, 0.3) is 0 Å². The fourth-order valence-electron chi connectivity index (χ4n) is 2.30. The first kappa shape index (κ1) is 14.0. The largest absolute Gasteiger partial charge is 0.378 e. The number of carbonyl (C=O) groups excluding carboxylic acids is 1. The third kappa shape index (κ3) is 4.04. The van der Waals surface area contributed by atoms with Gasteiger partial charge in [0.15, 0.2) is 0 Å². The highest BCUT2D eigenvalue weighted by Gasteiger charge is 2.23. The lowest BCUT2D eigenvalue weighted by Crippen LogP contribution is -2.51. The molecule has 0 aromatic carbocycles. The van der Waals surface area contributed by atoms with Crippen molar-refractivity contribution in [3.63, 3.8) is 0 Å². The highest BCUT2D eigenvalue weighted by atomic mass is 16.5. The van der Waals surface area contributed by atoms with Crippen LogP contribution in [-0.2, 0) is 16.1 Å². The zero-order chi connectivity index (χ0) is 13.7. The second-order valence-electron chi connectivity index (χ2n) is 4.96. The topological polar surface area (TPSA) is 59.4 Å². The summed E-state index contributed by atoms with van der Waals surface area (Å²) >= 11 is 0. The van der Waals surface area contributed by atoms with Crippen LogP contribution in [0.2, 0.25) is 0 Å². The molecule has 1 fully saturated rings. The molecule has 0 unspecified atom stereocenters. The van der Waals surface area contributed by atoms with Gasteiger partial charge in [-0.15, -0.1) is 0 Å². The van der Waals surface area contributed by atoms with Gasteiger partial charge >= 0.3 is 0 Å². The van der Waals surface area contributed by atoms with Gasteiger partial charge in [-0.3, -0.25) is 9.48 Å². The molecule has 0 aliphatic carbocycles. The van der Waals surface area contributed by atoms with Crippen LogP contribution in [0.1, 0.15) is 13.8 Å². The number of ether oxygens (including phenoxy) is 1. The molecule has 6 heteroatoms. The molecule has 0 radical (unpaired) electrons. The number of rotatable bonds is 5. The van der Waals surface area contributed by atoms with Crippen molar-refractivity contribution in [1.29, 1.82) is 0 Å². The van der Waals surface area contributed by atoms with Crippen molar-refractivity contribution in [3.05, 3.63) is 18.5 Å². The molecule has 1 aromatic rings. The average molecular weight is 266 g/mol. The first-order chi connectivity index (χ1) is 9.16. The number of aromatic nitrogens is 2. The predicted octanol–water partition coefficient (Wildman–Crippen LogP) is 0.109. The third-order valence-electron chi connectivity index (χ3n) is 3.25. The fourth-order valence-corrected chi connectivity index (χ4v) is 2.30. The van der Waals surface area contributed by atoms with Gasteiger partial charge in [0.2, 0.25) is 5.91 Å². The standard InChI is InChI=1S/C13H22N4O2/c1-11(10-17-5-3-4-14-17)15-12(2)13(18)16-6-8-19-9-7-16/h3-5,11-12,15H,6-10H2,1-2H3/t11-,12+/m0/s1. The Morgan fingerprint density at radius 3 is 2.79 bits per heavy atom. The molecule has 2 atom stereocenters. The molecule has 1 amide bonds. The van der Waals surface area contributed by atoms with E-state index in [2.05, 4.69) is 17.3 Å². The summed E-state index contributed by atoms with van der Waals surface area (Å²) < 4.78 is 7.12. The van der Waals surface area contributed by atoms with Crippen LogP contribution in [0.15, 0.2) is 18.5 Å². The van der Waals surface area contributed by atoms with Gasteiger partial charge in [0, 0.05) is 31.5 Å². The number of carbonyl (C=O) groups is 1. The number of nitrogens with zero attached hydrogens (tertiary/aromatic N) is 3. The van der Waals surface area contributed by atoms with Crippen molar-refractivity contribution in [2.45, 2.75) is 32.5 Å². The molecule has 2 heterocycles. The lowest BCUT2D eigenvalue weighted by Gasteiger charge is -2.30. The van der Waals surface area contributed by atoms with Crippen LogP contribution in [0.4, 0.5) is 0 Å². The van der Waals surface area contributed by atoms with Crippen molar-refractivity contribution in [2.24, 2.45) is 0 Å².